The van der Waals surface area contributed by atoms with Gasteiger partial charge in [-0.15, -0.1) is 0 Å². The Morgan fingerprint density at radius 1 is 1.00 bits per heavy atom. The van der Waals surface area contributed by atoms with Crippen LogP contribution in [0.3, 0.4) is 0 Å². The number of nitrogens with zero attached hydrogens (tertiary/aromatic N) is 4. The van der Waals surface area contributed by atoms with E-state index in [4.69, 9.17) is 39.5 Å². The van der Waals surface area contributed by atoms with Crippen LogP contribution in [0.2, 0.25) is 15.1 Å². The second-order valence-electron chi connectivity index (χ2n) is 5.40. The third-order valence-electron chi connectivity index (χ3n) is 3.79. The van der Waals surface area contributed by atoms with Crippen molar-refractivity contribution < 1.29 is 9.53 Å². The van der Waals surface area contributed by atoms with E-state index in [1.807, 2.05) is 4.90 Å². The van der Waals surface area contributed by atoms with Crippen LogP contribution < -0.4 is 9.64 Å². The van der Waals surface area contributed by atoms with E-state index in [1.165, 1.54) is 12.1 Å². The summed E-state index contributed by atoms with van der Waals surface area (Å²) in [6.45, 7) is 2.39. The van der Waals surface area contributed by atoms with Crippen LogP contribution in [-0.2, 0) is 4.79 Å². The second-order valence-corrected chi connectivity index (χ2v) is 6.62. The first kappa shape index (κ1) is 18.0. The fourth-order valence-corrected chi connectivity index (χ4v) is 3.05. The van der Waals surface area contributed by atoms with Gasteiger partial charge in [-0.3, -0.25) is 4.79 Å². The molecule has 1 aliphatic rings. The first-order valence-corrected chi connectivity index (χ1v) is 8.75. The number of amides is 1. The summed E-state index contributed by atoms with van der Waals surface area (Å²) in [6, 6.07) is 4.77. The van der Waals surface area contributed by atoms with Crippen LogP contribution in [0.4, 0.5) is 5.95 Å². The van der Waals surface area contributed by atoms with Crippen molar-refractivity contribution in [3.63, 3.8) is 0 Å². The molecule has 1 aromatic heterocycles. The second kappa shape index (κ2) is 8.08. The molecule has 0 aliphatic carbocycles. The van der Waals surface area contributed by atoms with Gasteiger partial charge in [0.2, 0.25) is 5.95 Å². The highest BCUT2D eigenvalue weighted by Crippen LogP contribution is 2.33. The largest absolute Gasteiger partial charge is 0.482 e. The fraction of sp³-hybridized carbons (Fsp3) is 0.312. The maximum Gasteiger partial charge on any atom is 0.260 e. The quantitative estimate of drug-likeness (QED) is 0.737. The number of benzene rings is 1. The van der Waals surface area contributed by atoms with Crippen molar-refractivity contribution in [1.29, 1.82) is 0 Å². The molecule has 0 unspecified atom stereocenters. The maximum absolute atomic E-state index is 12.3. The highest BCUT2D eigenvalue weighted by Gasteiger charge is 2.23. The standard InChI is InChI=1S/C16H15Cl3N4O2/c17-11-8-13(19)14(9-12(11)18)25-10-15(24)22-4-6-23(7-5-22)16-20-2-1-3-21-16/h1-3,8-9H,4-7,10H2. The summed E-state index contributed by atoms with van der Waals surface area (Å²) >= 11 is 17.9. The van der Waals surface area contributed by atoms with E-state index in [1.54, 1.807) is 23.4 Å². The summed E-state index contributed by atoms with van der Waals surface area (Å²) in [6.07, 6.45) is 3.41. The molecular weight excluding hydrogens is 387 g/mol. The molecule has 2 heterocycles. The molecule has 25 heavy (non-hydrogen) atoms. The number of hydrogen-bond donors (Lipinski definition) is 0. The smallest absolute Gasteiger partial charge is 0.260 e. The lowest BCUT2D eigenvalue weighted by Crippen LogP contribution is -2.50. The van der Waals surface area contributed by atoms with Gasteiger partial charge in [-0.05, 0) is 12.1 Å². The summed E-state index contributed by atoms with van der Waals surface area (Å²) in [5.74, 6) is 0.893. The number of halogens is 3. The van der Waals surface area contributed by atoms with E-state index in [0.29, 0.717) is 52.9 Å². The lowest BCUT2D eigenvalue weighted by atomic mass is 10.3. The van der Waals surface area contributed by atoms with Gasteiger partial charge in [-0.2, -0.15) is 0 Å². The molecule has 1 saturated heterocycles. The Bertz CT molecular complexity index is 753. The van der Waals surface area contributed by atoms with E-state index in [0.717, 1.165) is 0 Å². The molecule has 9 heteroatoms. The van der Waals surface area contributed by atoms with E-state index in [2.05, 4.69) is 9.97 Å². The zero-order valence-corrected chi connectivity index (χ0v) is 15.4. The van der Waals surface area contributed by atoms with Crippen molar-refractivity contribution in [2.75, 3.05) is 37.7 Å². The zero-order chi connectivity index (χ0) is 17.8. The number of carbonyl (C=O) groups excluding carboxylic acids is 1. The Morgan fingerprint density at radius 2 is 1.64 bits per heavy atom. The highest BCUT2D eigenvalue weighted by atomic mass is 35.5. The van der Waals surface area contributed by atoms with Gasteiger partial charge < -0.3 is 14.5 Å². The predicted molar refractivity (Wildman–Crippen MR) is 97.8 cm³/mol. The Hall–Kier alpha value is -1.76. The van der Waals surface area contributed by atoms with Crippen LogP contribution >= 0.6 is 34.8 Å². The molecule has 1 aliphatic heterocycles. The van der Waals surface area contributed by atoms with E-state index in [-0.39, 0.29) is 12.5 Å². The molecule has 0 spiro atoms. The van der Waals surface area contributed by atoms with Crippen LogP contribution in [0.1, 0.15) is 0 Å². The Morgan fingerprint density at radius 3 is 2.32 bits per heavy atom. The van der Waals surface area contributed by atoms with Gasteiger partial charge in [0.05, 0.1) is 15.1 Å². The monoisotopic (exact) mass is 400 g/mol. The lowest BCUT2D eigenvalue weighted by molar-refractivity contribution is -0.133. The Kier molecular flexibility index (Phi) is 5.83. The molecule has 1 amide bonds. The van der Waals surface area contributed by atoms with Gasteiger partial charge in [-0.1, -0.05) is 34.8 Å². The van der Waals surface area contributed by atoms with Gasteiger partial charge >= 0.3 is 0 Å². The van der Waals surface area contributed by atoms with Crippen molar-refractivity contribution in [1.82, 2.24) is 14.9 Å². The summed E-state index contributed by atoms with van der Waals surface area (Å²) < 4.78 is 5.49. The first-order valence-electron chi connectivity index (χ1n) is 7.61. The number of aromatic nitrogens is 2. The number of carbonyl (C=O) groups is 1. The van der Waals surface area contributed by atoms with Gasteiger partial charge in [0.25, 0.3) is 5.91 Å². The molecule has 2 aromatic rings. The van der Waals surface area contributed by atoms with E-state index in [9.17, 15) is 4.79 Å². The van der Waals surface area contributed by atoms with Crippen molar-refractivity contribution in [2.45, 2.75) is 0 Å². The maximum atomic E-state index is 12.3. The summed E-state index contributed by atoms with van der Waals surface area (Å²) in [5.41, 5.74) is 0. The molecule has 1 aromatic carbocycles. The Balaban J connectivity index is 1.52. The molecule has 132 valence electrons. The van der Waals surface area contributed by atoms with Crippen LogP contribution in [0.25, 0.3) is 0 Å². The molecule has 0 atom stereocenters. The molecular formula is C16H15Cl3N4O2. The summed E-state index contributed by atoms with van der Waals surface area (Å²) in [5, 5.41) is 0.975. The number of hydrogen-bond acceptors (Lipinski definition) is 5. The normalized spacial score (nSPS) is 14.5. The predicted octanol–water partition coefficient (Wildman–Crippen LogP) is 3.16. The SMILES string of the molecule is O=C(COc1cc(Cl)c(Cl)cc1Cl)N1CCN(c2ncccn2)CC1. The molecule has 0 N–H and O–H groups in total. The highest BCUT2D eigenvalue weighted by molar-refractivity contribution is 6.43. The van der Waals surface area contributed by atoms with Crippen molar-refractivity contribution in [3.05, 3.63) is 45.7 Å². The van der Waals surface area contributed by atoms with Gasteiger partial charge in [0, 0.05) is 44.6 Å². The average Bonchev–Trinajstić information content (AvgIpc) is 2.64. The molecule has 0 saturated carbocycles. The van der Waals surface area contributed by atoms with Gasteiger partial charge in [0.1, 0.15) is 5.75 Å². The molecule has 3 rings (SSSR count). The van der Waals surface area contributed by atoms with Crippen LogP contribution in [-0.4, -0.2) is 53.6 Å². The van der Waals surface area contributed by atoms with E-state index < -0.39 is 0 Å². The number of ether oxygens (including phenoxy) is 1. The third-order valence-corrected chi connectivity index (χ3v) is 4.81. The minimum Gasteiger partial charge on any atom is -0.482 e. The molecule has 0 bridgehead atoms. The lowest BCUT2D eigenvalue weighted by Gasteiger charge is -2.34. The topological polar surface area (TPSA) is 58.6 Å². The van der Waals surface area contributed by atoms with Gasteiger partial charge in [-0.25, -0.2) is 9.97 Å². The summed E-state index contributed by atoms with van der Waals surface area (Å²) in [7, 11) is 0. The van der Waals surface area contributed by atoms with Crippen LogP contribution in [0.5, 0.6) is 5.75 Å². The molecule has 0 radical (unpaired) electrons. The molecule has 6 nitrogen and oxygen atoms in total. The zero-order valence-electron chi connectivity index (χ0n) is 13.2. The molecule has 1 fully saturated rings. The van der Waals surface area contributed by atoms with Crippen molar-refractivity contribution in [3.8, 4) is 5.75 Å². The average molecular weight is 402 g/mol. The van der Waals surface area contributed by atoms with Gasteiger partial charge in [0.15, 0.2) is 6.61 Å². The number of anilines is 1. The van der Waals surface area contributed by atoms with E-state index >= 15 is 0 Å². The van der Waals surface area contributed by atoms with Crippen molar-refractivity contribution >= 4 is 46.7 Å². The Labute approximate surface area is 160 Å². The number of piperazine rings is 1. The first-order chi connectivity index (χ1) is 12.0. The fourth-order valence-electron chi connectivity index (χ4n) is 2.46. The van der Waals surface area contributed by atoms with Crippen molar-refractivity contribution in [2.24, 2.45) is 0 Å². The minimum atomic E-state index is -0.115. The minimum absolute atomic E-state index is 0.112. The third kappa shape index (κ3) is 4.45. The summed E-state index contributed by atoms with van der Waals surface area (Å²) in [4.78, 5) is 24.6. The van der Waals surface area contributed by atoms with Crippen LogP contribution in [0.15, 0.2) is 30.6 Å². The number of rotatable bonds is 4. The van der Waals surface area contributed by atoms with Crippen LogP contribution in [0, 0.1) is 0 Å².